The zero-order valence-electron chi connectivity index (χ0n) is 29.9. The third-order valence-corrected chi connectivity index (χ3v) is 21.3. The van der Waals surface area contributed by atoms with E-state index >= 15 is 0 Å². The van der Waals surface area contributed by atoms with E-state index in [9.17, 15) is 35.1 Å². The molecule has 4 heterocycles. The van der Waals surface area contributed by atoms with Gasteiger partial charge in [-0.1, -0.05) is 91.8 Å². The first-order chi connectivity index (χ1) is 23.0. The van der Waals surface area contributed by atoms with Crippen LogP contribution in [0.15, 0.2) is 73.5 Å². The van der Waals surface area contributed by atoms with E-state index in [2.05, 4.69) is 160 Å². The van der Waals surface area contributed by atoms with E-state index in [1.165, 1.54) is 0 Å². The molecule has 16 heteroatoms. The third-order valence-electron chi connectivity index (χ3n) is 10.5. The molecule has 0 aliphatic carbocycles. The number of halogens is 8. The Labute approximate surface area is 292 Å². The molecule has 2 aromatic carbocycles. The first-order valence-electron chi connectivity index (χ1n) is 16.1. The molecular formula is C34H42B2F8N4Si2. The van der Waals surface area contributed by atoms with Crippen LogP contribution in [0, 0.1) is 46.5 Å². The highest BCUT2D eigenvalue weighted by atomic mass is 28.3. The number of hydrogen-bond acceptors (Lipinski definition) is 4. The highest BCUT2D eigenvalue weighted by molar-refractivity contribution is 6.88. The van der Waals surface area contributed by atoms with Gasteiger partial charge in [0.1, 0.15) is 16.5 Å². The van der Waals surface area contributed by atoms with Crippen molar-refractivity contribution in [3.05, 3.63) is 120 Å². The van der Waals surface area contributed by atoms with Gasteiger partial charge in [-0.15, -0.1) is 0 Å². The summed E-state index contributed by atoms with van der Waals surface area (Å²) < 4.78 is 109. The predicted octanol–water partition coefficient (Wildman–Crippen LogP) is 10.3. The van der Waals surface area contributed by atoms with Crippen LogP contribution in [-0.2, 0) is 0 Å². The Balaban J connectivity index is 0.000000169. The lowest BCUT2D eigenvalue weighted by Crippen LogP contribution is -2.59. The predicted molar refractivity (Wildman–Crippen MR) is 192 cm³/mol. The Morgan fingerprint density at radius 1 is 0.420 bits per heavy atom. The van der Waals surface area contributed by atoms with Crippen molar-refractivity contribution in [2.24, 2.45) is 0 Å². The topological polar surface area (TPSA) is 13.0 Å². The van der Waals surface area contributed by atoms with Crippen molar-refractivity contribution in [2.75, 3.05) is 0 Å². The maximum atomic E-state index is 13.1. The van der Waals surface area contributed by atoms with Crippen LogP contribution in [0.3, 0.4) is 0 Å². The van der Waals surface area contributed by atoms with E-state index in [0.717, 1.165) is 0 Å². The molecule has 50 heavy (non-hydrogen) atoms. The summed E-state index contributed by atoms with van der Waals surface area (Å²) in [5.74, 6) is -14.7. The number of nitrogens with zero attached hydrogens (tertiary/aromatic N) is 4. The Morgan fingerprint density at radius 3 is 0.960 bits per heavy atom. The van der Waals surface area contributed by atoms with Gasteiger partial charge in [-0.2, -0.15) is 0 Å². The molecular weight excluding hydrogens is 694 g/mol. The lowest BCUT2D eigenvalue weighted by molar-refractivity contribution is 0.395. The summed E-state index contributed by atoms with van der Waals surface area (Å²) in [4.78, 5) is 4.56. The largest absolute Gasteiger partial charge is 0.424 e. The summed E-state index contributed by atoms with van der Waals surface area (Å²) in [5.41, 5.74) is 0. The molecule has 4 aliphatic heterocycles. The smallest absolute Gasteiger partial charge is 0.398 e. The van der Waals surface area contributed by atoms with Crippen LogP contribution in [0.5, 0.6) is 0 Å². The van der Waals surface area contributed by atoms with Gasteiger partial charge in [0.2, 0.25) is 0 Å². The highest BCUT2D eigenvalue weighted by Gasteiger charge is 2.48. The summed E-state index contributed by atoms with van der Waals surface area (Å²) in [7, 11) is -2.92. The van der Waals surface area contributed by atoms with Gasteiger partial charge >= 0.3 is 14.0 Å². The fourth-order valence-corrected chi connectivity index (χ4v) is 9.68. The first-order valence-corrected chi connectivity index (χ1v) is 22.0. The van der Waals surface area contributed by atoms with Crippen molar-refractivity contribution in [1.82, 2.24) is 18.6 Å². The Bertz CT molecular complexity index is 1650. The summed E-state index contributed by atoms with van der Waals surface area (Å²) in [6.07, 6.45) is 21.7. The molecule has 4 aliphatic rings. The van der Waals surface area contributed by atoms with Gasteiger partial charge in [0.05, 0.1) is 10.8 Å². The first kappa shape index (κ1) is 39.1. The van der Waals surface area contributed by atoms with Gasteiger partial charge in [-0.05, 0) is 47.0 Å². The third kappa shape index (κ3) is 6.84. The SMILES string of the molecule is CC(C)(C)[Si](C)(C)N1C=CN2C=CC=CB21.CC(C)(C)[Si](C)(C)N1C=CN2C=CC=CB21.Fc1c(F)c(F)c2c(F)c(F)c(F)c(F)c2c1F. The van der Waals surface area contributed by atoms with Gasteiger partial charge in [0.15, 0.2) is 46.5 Å². The second kappa shape index (κ2) is 13.8. The summed E-state index contributed by atoms with van der Waals surface area (Å²) in [6.45, 7) is 24.8. The molecule has 0 N–H and O–H groups in total. The van der Waals surface area contributed by atoms with Crippen molar-refractivity contribution < 1.29 is 35.1 Å². The molecule has 4 nitrogen and oxygen atoms in total. The second-order valence-electron chi connectivity index (χ2n) is 15.5. The van der Waals surface area contributed by atoms with Crippen LogP contribution in [0.25, 0.3) is 10.8 Å². The van der Waals surface area contributed by atoms with E-state index < -0.39 is 73.8 Å². The molecule has 0 aromatic heterocycles. The Kier molecular flexibility index (Phi) is 10.8. The zero-order valence-corrected chi connectivity index (χ0v) is 31.9. The Morgan fingerprint density at radius 2 is 0.700 bits per heavy atom. The fraction of sp³-hybridized carbons (Fsp3) is 0.353. The van der Waals surface area contributed by atoms with Gasteiger partial charge in [0.25, 0.3) is 0 Å². The number of fused-ring (bicyclic) bond motifs is 3. The van der Waals surface area contributed by atoms with Crippen molar-refractivity contribution in [1.29, 1.82) is 0 Å². The molecule has 2 aromatic rings. The van der Waals surface area contributed by atoms with Crippen molar-refractivity contribution in [2.45, 2.75) is 77.8 Å². The molecule has 268 valence electrons. The molecule has 0 atom stereocenters. The quantitative estimate of drug-likeness (QED) is 0.132. The second-order valence-corrected chi connectivity index (χ2v) is 25.7. The molecule has 0 amide bonds. The molecule has 6 rings (SSSR count). The van der Waals surface area contributed by atoms with Crippen molar-refractivity contribution >= 4 is 41.2 Å². The average molecular weight is 737 g/mol. The summed E-state index contributed by atoms with van der Waals surface area (Å²) in [5, 5.41) is -2.91. The maximum Gasteiger partial charge on any atom is 0.398 e. The standard InChI is InChI=1S/2C12H21BN2Si.C10F8/c2*1-12(2,3)16(4,5)15-11-10-14-9-7-6-8-13(14)15;11-3-1-2(5(13)9(17)7(3)15)6(14)10(18)8(16)4(1)12/h2*6-11H,1-5H3;. The van der Waals surface area contributed by atoms with Crippen LogP contribution in [0.1, 0.15) is 41.5 Å². The zero-order chi connectivity index (χ0) is 37.7. The van der Waals surface area contributed by atoms with Crippen LogP contribution in [-0.4, -0.2) is 49.0 Å². The minimum absolute atomic E-state index is 0.377. The molecule has 0 fully saturated rings. The van der Waals surface area contributed by atoms with Crippen LogP contribution < -0.4 is 0 Å². The Hall–Kier alpha value is -3.66. The monoisotopic (exact) mass is 736 g/mol. The van der Waals surface area contributed by atoms with E-state index in [-0.39, 0.29) is 0 Å². The molecule has 0 radical (unpaired) electrons. The maximum absolute atomic E-state index is 13.1. The number of hydrogen-bond donors (Lipinski definition) is 0. The summed E-state index contributed by atoms with van der Waals surface area (Å²) >= 11 is 0. The lowest BCUT2D eigenvalue weighted by atomic mass is 9.74. The average Bonchev–Trinajstić information content (AvgIpc) is 3.68. The minimum atomic E-state index is -2.45. The van der Waals surface area contributed by atoms with E-state index in [1.807, 2.05) is 0 Å². The number of allylic oxidation sites excluding steroid dienone is 4. The molecule has 0 spiro atoms. The van der Waals surface area contributed by atoms with E-state index in [0.29, 0.717) is 24.0 Å². The molecule has 0 unspecified atom stereocenters. The molecule has 0 saturated carbocycles. The minimum Gasteiger partial charge on any atom is -0.424 e. The van der Waals surface area contributed by atoms with Crippen LogP contribution >= 0.6 is 0 Å². The van der Waals surface area contributed by atoms with Crippen molar-refractivity contribution in [3.8, 4) is 0 Å². The van der Waals surface area contributed by atoms with Gasteiger partial charge in [-0.25, -0.2) is 35.1 Å². The van der Waals surface area contributed by atoms with Crippen LogP contribution in [0.4, 0.5) is 35.1 Å². The van der Waals surface area contributed by atoms with Gasteiger partial charge in [0, 0.05) is 12.4 Å². The number of rotatable bonds is 2. The normalized spacial score (nSPS) is 16.7. The molecule has 0 bridgehead atoms. The van der Waals surface area contributed by atoms with Crippen molar-refractivity contribution in [3.63, 3.8) is 0 Å². The van der Waals surface area contributed by atoms with Gasteiger partial charge in [-0.3, -0.25) is 0 Å². The lowest BCUT2D eigenvalue weighted by Gasteiger charge is -2.46. The number of benzene rings is 2. The fourth-order valence-electron chi connectivity index (χ4n) is 5.49. The van der Waals surface area contributed by atoms with Gasteiger partial charge < -0.3 is 18.6 Å². The highest BCUT2D eigenvalue weighted by Crippen LogP contribution is 2.42. The molecule has 0 saturated heterocycles. The van der Waals surface area contributed by atoms with E-state index in [4.69, 9.17) is 0 Å². The van der Waals surface area contributed by atoms with Crippen LogP contribution in [0.2, 0.25) is 36.3 Å². The summed E-state index contributed by atoms with van der Waals surface area (Å²) in [6, 6.07) is 0. The van der Waals surface area contributed by atoms with E-state index in [1.54, 1.807) is 0 Å².